The molecule has 1 aliphatic rings. The third-order valence-corrected chi connectivity index (χ3v) is 3.58. The number of aliphatic carboxylic acids is 1. The van der Waals surface area contributed by atoms with Crippen molar-refractivity contribution in [3.05, 3.63) is 39.9 Å². The van der Waals surface area contributed by atoms with E-state index in [0.29, 0.717) is 18.5 Å². The Morgan fingerprint density at radius 3 is 2.81 bits per heavy atom. The van der Waals surface area contributed by atoms with Gasteiger partial charge in [-0.3, -0.25) is 14.9 Å². The molecule has 1 aromatic carbocycles. The minimum Gasteiger partial charge on any atom is -0.480 e. The summed E-state index contributed by atoms with van der Waals surface area (Å²) in [4.78, 5) is 35.0. The number of rotatable bonds is 4. The van der Waals surface area contributed by atoms with E-state index in [9.17, 15) is 19.7 Å². The fourth-order valence-electron chi connectivity index (χ4n) is 2.54. The first-order valence-electron chi connectivity index (χ1n) is 6.74. The molecule has 1 aromatic rings. The number of carboxylic acids is 1. The summed E-state index contributed by atoms with van der Waals surface area (Å²) >= 11 is 0. The minimum atomic E-state index is -0.998. The third-order valence-electron chi connectivity index (χ3n) is 3.58. The zero-order valence-corrected chi connectivity index (χ0v) is 11.4. The number of carbonyl (C=O) groups is 2. The number of hydrogen-bond donors (Lipinski definition) is 1. The highest BCUT2D eigenvalue weighted by Crippen LogP contribution is 2.20. The smallest absolute Gasteiger partial charge is 0.326 e. The zero-order valence-electron chi connectivity index (χ0n) is 11.4. The number of nitro benzene ring substituents is 1. The van der Waals surface area contributed by atoms with E-state index in [1.54, 1.807) is 6.07 Å². The van der Waals surface area contributed by atoms with Gasteiger partial charge >= 0.3 is 5.97 Å². The van der Waals surface area contributed by atoms with E-state index in [-0.39, 0.29) is 18.0 Å². The minimum absolute atomic E-state index is 0.0224. The summed E-state index contributed by atoms with van der Waals surface area (Å²) in [6, 6.07) is 5.06. The molecule has 0 spiro atoms. The van der Waals surface area contributed by atoms with Crippen LogP contribution in [0.1, 0.15) is 24.8 Å². The maximum atomic E-state index is 12.3. The predicted octanol–water partition coefficient (Wildman–Crippen LogP) is 1.60. The van der Waals surface area contributed by atoms with Crippen LogP contribution in [0.4, 0.5) is 5.69 Å². The number of hydrogen-bond acceptors (Lipinski definition) is 4. The molecule has 7 nitrogen and oxygen atoms in total. The average molecular weight is 292 g/mol. The third kappa shape index (κ3) is 3.56. The molecule has 1 aliphatic heterocycles. The lowest BCUT2D eigenvalue weighted by atomic mass is 10.0. The van der Waals surface area contributed by atoms with Gasteiger partial charge in [0, 0.05) is 18.7 Å². The number of likely N-dealkylation sites (tertiary alicyclic amines) is 1. The van der Waals surface area contributed by atoms with Gasteiger partial charge in [0.25, 0.3) is 5.69 Å². The van der Waals surface area contributed by atoms with Crippen LogP contribution in [0.15, 0.2) is 24.3 Å². The van der Waals surface area contributed by atoms with Gasteiger partial charge in [-0.25, -0.2) is 4.79 Å². The van der Waals surface area contributed by atoms with Crippen molar-refractivity contribution in [1.29, 1.82) is 0 Å². The van der Waals surface area contributed by atoms with Crippen LogP contribution >= 0.6 is 0 Å². The number of piperidine rings is 1. The molecule has 21 heavy (non-hydrogen) atoms. The van der Waals surface area contributed by atoms with Crippen molar-refractivity contribution < 1.29 is 19.6 Å². The van der Waals surface area contributed by atoms with Crippen LogP contribution < -0.4 is 0 Å². The first-order valence-corrected chi connectivity index (χ1v) is 6.74. The largest absolute Gasteiger partial charge is 0.480 e. The van der Waals surface area contributed by atoms with Crippen molar-refractivity contribution in [3.8, 4) is 0 Å². The topological polar surface area (TPSA) is 101 Å². The first kappa shape index (κ1) is 15.0. The van der Waals surface area contributed by atoms with Crippen molar-refractivity contribution in [2.45, 2.75) is 31.7 Å². The second-order valence-electron chi connectivity index (χ2n) is 5.04. The fourth-order valence-corrected chi connectivity index (χ4v) is 2.54. The molecule has 1 amide bonds. The Balaban J connectivity index is 2.11. The molecule has 1 atom stereocenters. The van der Waals surface area contributed by atoms with Crippen LogP contribution in [0, 0.1) is 10.1 Å². The summed E-state index contributed by atoms with van der Waals surface area (Å²) in [5.74, 6) is -1.30. The Kier molecular flexibility index (Phi) is 4.52. The fraction of sp³-hybridized carbons (Fsp3) is 0.429. The highest BCUT2D eigenvalue weighted by atomic mass is 16.6. The van der Waals surface area contributed by atoms with Crippen LogP contribution in [0.5, 0.6) is 0 Å². The van der Waals surface area contributed by atoms with Gasteiger partial charge in [0.15, 0.2) is 0 Å². The maximum absolute atomic E-state index is 12.3. The van der Waals surface area contributed by atoms with E-state index in [2.05, 4.69) is 0 Å². The van der Waals surface area contributed by atoms with Gasteiger partial charge in [-0.05, 0) is 24.8 Å². The molecular weight excluding hydrogens is 276 g/mol. The number of non-ortho nitro benzene ring substituents is 1. The summed E-state index contributed by atoms with van der Waals surface area (Å²) in [7, 11) is 0. The molecule has 7 heteroatoms. The maximum Gasteiger partial charge on any atom is 0.326 e. The van der Waals surface area contributed by atoms with E-state index >= 15 is 0 Å². The van der Waals surface area contributed by atoms with Gasteiger partial charge < -0.3 is 10.0 Å². The molecule has 1 unspecified atom stereocenters. The van der Waals surface area contributed by atoms with Crippen molar-refractivity contribution in [3.63, 3.8) is 0 Å². The van der Waals surface area contributed by atoms with Gasteiger partial charge in [-0.2, -0.15) is 0 Å². The van der Waals surface area contributed by atoms with E-state index in [1.807, 2.05) is 0 Å². The monoisotopic (exact) mass is 292 g/mol. The Morgan fingerprint density at radius 2 is 2.14 bits per heavy atom. The molecule has 0 bridgehead atoms. The number of nitro groups is 1. The van der Waals surface area contributed by atoms with E-state index in [0.717, 1.165) is 12.8 Å². The van der Waals surface area contributed by atoms with E-state index in [1.165, 1.54) is 23.1 Å². The van der Waals surface area contributed by atoms with Crippen LogP contribution in [0.3, 0.4) is 0 Å². The van der Waals surface area contributed by atoms with Crippen molar-refractivity contribution in [2.24, 2.45) is 0 Å². The van der Waals surface area contributed by atoms with E-state index < -0.39 is 16.9 Å². The van der Waals surface area contributed by atoms with Crippen LogP contribution in [0.25, 0.3) is 0 Å². The quantitative estimate of drug-likeness (QED) is 0.671. The highest BCUT2D eigenvalue weighted by molar-refractivity contribution is 5.85. The number of benzene rings is 1. The number of amides is 1. The summed E-state index contributed by atoms with van der Waals surface area (Å²) in [6.07, 6.45) is 2.00. The lowest BCUT2D eigenvalue weighted by Crippen LogP contribution is -2.48. The molecule has 2 rings (SSSR count). The van der Waals surface area contributed by atoms with Gasteiger partial charge in [0.2, 0.25) is 5.91 Å². The Hall–Kier alpha value is -2.44. The average Bonchev–Trinajstić information content (AvgIpc) is 2.47. The SMILES string of the molecule is O=C(O)C1CCCCN1C(=O)Cc1cccc([N+](=O)[O-])c1. The molecule has 1 N–H and O–H groups in total. The highest BCUT2D eigenvalue weighted by Gasteiger charge is 2.31. The molecule has 0 aromatic heterocycles. The van der Waals surface area contributed by atoms with Gasteiger partial charge in [-0.15, -0.1) is 0 Å². The van der Waals surface area contributed by atoms with Crippen molar-refractivity contribution >= 4 is 17.6 Å². The lowest BCUT2D eigenvalue weighted by molar-refractivity contribution is -0.384. The van der Waals surface area contributed by atoms with Gasteiger partial charge in [-0.1, -0.05) is 12.1 Å². The summed E-state index contributed by atoms with van der Waals surface area (Å²) in [5, 5.41) is 19.9. The molecule has 1 fully saturated rings. The number of carbonyl (C=O) groups excluding carboxylic acids is 1. The molecular formula is C14H16N2O5. The predicted molar refractivity (Wildman–Crippen MR) is 73.8 cm³/mol. The molecule has 112 valence electrons. The Morgan fingerprint density at radius 1 is 1.38 bits per heavy atom. The Labute approximate surface area is 121 Å². The molecule has 0 saturated carbocycles. The molecule has 0 aliphatic carbocycles. The van der Waals surface area contributed by atoms with Crippen LogP contribution in [-0.2, 0) is 16.0 Å². The van der Waals surface area contributed by atoms with Crippen molar-refractivity contribution in [1.82, 2.24) is 4.90 Å². The molecule has 1 saturated heterocycles. The first-order chi connectivity index (χ1) is 9.99. The molecule has 1 heterocycles. The summed E-state index contributed by atoms with van der Waals surface area (Å²) in [5.41, 5.74) is 0.442. The summed E-state index contributed by atoms with van der Waals surface area (Å²) in [6.45, 7) is 0.421. The lowest BCUT2D eigenvalue weighted by Gasteiger charge is -2.33. The van der Waals surface area contributed by atoms with Crippen LogP contribution in [0.2, 0.25) is 0 Å². The molecule has 0 radical (unpaired) electrons. The Bertz CT molecular complexity index is 572. The van der Waals surface area contributed by atoms with Gasteiger partial charge in [0.05, 0.1) is 11.3 Å². The number of nitrogens with zero attached hydrogens (tertiary/aromatic N) is 2. The van der Waals surface area contributed by atoms with Crippen LogP contribution in [-0.4, -0.2) is 39.4 Å². The standard InChI is InChI=1S/C14H16N2O5/c17-13(15-7-2-1-6-12(15)14(18)19)9-10-4-3-5-11(8-10)16(20)21/h3-5,8,12H,1-2,6-7,9H2,(H,18,19). The van der Waals surface area contributed by atoms with Gasteiger partial charge in [0.1, 0.15) is 6.04 Å². The second-order valence-corrected chi connectivity index (χ2v) is 5.04. The van der Waals surface area contributed by atoms with E-state index in [4.69, 9.17) is 5.11 Å². The second kappa shape index (κ2) is 6.34. The normalized spacial score (nSPS) is 18.3. The van der Waals surface area contributed by atoms with Crippen molar-refractivity contribution in [2.75, 3.05) is 6.54 Å². The zero-order chi connectivity index (χ0) is 15.4. The summed E-state index contributed by atoms with van der Waals surface area (Å²) < 4.78 is 0. The number of carboxylic acid groups (broad SMARTS) is 1.